The maximum atomic E-state index is 12.1. The lowest BCUT2D eigenvalue weighted by Gasteiger charge is -2.18. The molecule has 1 aromatic carbocycles. The molecule has 0 bridgehead atoms. The molecule has 10 nitrogen and oxygen atoms in total. The van der Waals surface area contributed by atoms with Crippen molar-refractivity contribution < 1.29 is 19.2 Å². The fraction of sp³-hybridized carbons (Fsp3) is 0.208. The Morgan fingerprint density at radius 2 is 1.97 bits per heavy atom. The molecule has 0 aliphatic rings. The van der Waals surface area contributed by atoms with Gasteiger partial charge in [-0.1, -0.05) is 17.4 Å². The molecular weight excluding hydrogens is 468 g/mol. The Morgan fingerprint density at radius 1 is 1.11 bits per heavy atom. The fourth-order valence-corrected chi connectivity index (χ4v) is 4.17. The number of pyridine rings is 2. The van der Waals surface area contributed by atoms with Crippen molar-refractivity contribution in [3.05, 3.63) is 65.9 Å². The van der Waals surface area contributed by atoms with Crippen molar-refractivity contribution in [1.29, 1.82) is 0 Å². The van der Waals surface area contributed by atoms with Crippen molar-refractivity contribution in [2.24, 2.45) is 0 Å². The maximum absolute atomic E-state index is 12.1. The summed E-state index contributed by atoms with van der Waals surface area (Å²) in [5, 5.41) is 3.82. The highest BCUT2D eigenvalue weighted by Crippen LogP contribution is 2.30. The quantitative estimate of drug-likeness (QED) is 0.264. The Morgan fingerprint density at radius 3 is 2.77 bits per heavy atom. The number of rotatable bonds is 9. The summed E-state index contributed by atoms with van der Waals surface area (Å²) in [5.74, 6) is 0.667. The number of nitrogens with zero attached hydrogens (tertiary/aromatic N) is 4. The smallest absolute Gasteiger partial charge is 0.310 e. The van der Waals surface area contributed by atoms with Gasteiger partial charge in [-0.3, -0.25) is 14.4 Å². The van der Waals surface area contributed by atoms with Gasteiger partial charge in [-0.2, -0.15) is 0 Å². The first-order valence-electron chi connectivity index (χ1n) is 10.8. The van der Waals surface area contributed by atoms with E-state index >= 15 is 0 Å². The summed E-state index contributed by atoms with van der Waals surface area (Å²) in [5.41, 5.74) is 5.12. The van der Waals surface area contributed by atoms with Crippen molar-refractivity contribution in [2.75, 3.05) is 31.0 Å². The highest BCUT2D eigenvalue weighted by Gasteiger charge is 2.13. The van der Waals surface area contributed by atoms with Crippen LogP contribution in [-0.4, -0.2) is 47.6 Å². The van der Waals surface area contributed by atoms with Crippen molar-refractivity contribution in [2.45, 2.75) is 13.3 Å². The number of carbonyl (C=O) groups is 2. The Kier molecular flexibility index (Phi) is 7.48. The number of aromatic nitrogens is 3. The minimum atomic E-state index is -0.329. The third kappa shape index (κ3) is 5.89. The summed E-state index contributed by atoms with van der Waals surface area (Å²) in [4.78, 5) is 44.8. The summed E-state index contributed by atoms with van der Waals surface area (Å²) in [7, 11) is 3.27. The minimum Gasteiger partial charge on any atom is -0.466 e. The van der Waals surface area contributed by atoms with E-state index in [4.69, 9.17) is 14.6 Å². The van der Waals surface area contributed by atoms with Gasteiger partial charge in [0.15, 0.2) is 5.13 Å². The molecule has 0 radical (unpaired) electrons. The SMILES string of the molecule is CCOC(=O)Cc1ccnc(Nc2nc3ccc(N(C)c4cccc(C(=O)NOC)c4)nc3s2)c1. The molecule has 1 amide bonds. The number of esters is 1. The number of anilines is 4. The van der Waals surface area contributed by atoms with Gasteiger partial charge in [0.05, 0.1) is 20.1 Å². The molecule has 180 valence electrons. The van der Waals surface area contributed by atoms with Crippen molar-refractivity contribution in [3.8, 4) is 0 Å². The van der Waals surface area contributed by atoms with Gasteiger partial charge in [0.25, 0.3) is 5.91 Å². The van der Waals surface area contributed by atoms with Crippen LogP contribution in [0, 0.1) is 0 Å². The molecular formula is C24H24N6O4S. The first-order valence-corrected chi connectivity index (χ1v) is 11.6. The van der Waals surface area contributed by atoms with Gasteiger partial charge in [-0.25, -0.2) is 20.4 Å². The number of nitrogens with one attached hydrogen (secondary N) is 2. The maximum Gasteiger partial charge on any atom is 0.310 e. The first kappa shape index (κ1) is 24.0. The second-order valence-corrected chi connectivity index (χ2v) is 8.39. The number of hydroxylamine groups is 1. The molecule has 0 fully saturated rings. The molecule has 0 aliphatic carbocycles. The predicted molar refractivity (Wildman–Crippen MR) is 134 cm³/mol. The number of fused-ring (bicyclic) bond motifs is 1. The molecule has 0 saturated carbocycles. The van der Waals surface area contributed by atoms with Gasteiger partial charge in [-0.15, -0.1) is 0 Å². The zero-order valence-corrected chi connectivity index (χ0v) is 20.3. The average molecular weight is 493 g/mol. The number of hydrogen-bond donors (Lipinski definition) is 2. The summed E-state index contributed by atoms with van der Waals surface area (Å²) >= 11 is 1.39. The molecule has 4 aromatic rings. The molecule has 0 spiro atoms. The standard InChI is InChI=1S/C24H24N6O4S/c1-4-34-21(31)13-15-10-11-25-19(12-15)27-24-26-18-8-9-20(28-23(18)35-24)30(2)17-7-5-6-16(14-17)22(32)29-33-3/h5-12,14H,4,13H2,1-3H3,(H,29,32)(H,25,26,27). The van der Waals surface area contributed by atoms with Crippen LogP contribution in [0.1, 0.15) is 22.8 Å². The van der Waals surface area contributed by atoms with Crippen LogP contribution in [0.3, 0.4) is 0 Å². The van der Waals surface area contributed by atoms with Crippen LogP contribution in [0.25, 0.3) is 10.3 Å². The zero-order valence-electron chi connectivity index (χ0n) is 19.4. The lowest BCUT2D eigenvalue weighted by atomic mass is 10.2. The van der Waals surface area contributed by atoms with Gasteiger partial charge in [0.1, 0.15) is 22.0 Å². The Bertz CT molecular complexity index is 1360. The average Bonchev–Trinajstić information content (AvgIpc) is 3.25. The Balaban J connectivity index is 1.52. The van der Waals surface area contributed by atoms with Gasteiger partial charge >= 0.3 is 5.97 Å². The van der Waals surface area contributed by atoms with Crippen molar-refractivity contribution >= 4 is 56.0 Å². The first-order chi connectivity index (χ1) is 17.0. The number of thiazole rings is 1. The predicted octanol–water partition coefficient (Wildman–Crippen LogP) is 3.99. The lowest BCUT2D eigenvalue weighted by molar-refractivity contribution is -0.142. The van der Waals surface area contributed by atoms with E-state index in [0.29, 0.717) is 28.9 Å². The van der Waals surface area contributed by atoms with Crippen LogP contribution < -0.4 is 15.7 Å². The zero-order chi connectivity index (χ0) is 24.8. The summed E-state index contributed by atoms with van der Waals surface area (Å²) in [6.07, 6.45) is 1.81. The highest BCUT2D eigenvalue weighted by molar-refractivity contribution is 7.21. The Labute approximate surface area is 205 Å². The number of ether oxygens (including phenoxy) is 1. The number of hydrogen-bond acceptors (Lipinski definition) is 10. The van der Waals surface area contributed by atoms with Crippen LogP contribution in [0.2, 0.25) is 0 Å². The molecule has 2 N–H and O–H groups in total. The van der Waals surface area contributed by atoms with Crippen molar-refractivity contribution in [3.63, 3.8) is 0 Å². The van der Waals surface area contributed by atoms with Crippen molar-refractivity contribution in [1.82, 2.24) is 20.4 Å². The molecule has 0 unspecified atom stereocenters. The molecule has 0 saturated heterocycles. The monoisotopic (exact) mass is 492 g/mol. The second-order valence-electron chi connectivity index (χ2n) is 7.41. The third-order valence-corrected chi connectivity index (χ3v) is 5.87. The molecule has 0 atom stereocenters. The van der Waals surface area contributed by atoms with Gasteiger partial charge < -0.3 is 15.0 Å². The number of amides is 1. The fourth-order valence-electron chi connectivity index (χ4n) is 3.33. The molecule has 3 heterocycles. The number of benzene rings is 1. The van der Waals surface area contributed by atoms with Crippen LogP contribution >= 0.6 is 11.3 Å². The van der Waals surface area contributed by atoms with Gasteiger partial charge in [-0.05, 0) is 55.0 Å². The normalized spacial score (nSPS) is 10.7. The second kappa shape index (κ2) is 10.9. The number of carbonyl (C=O) groups excluding carboxylic acids is 2. The van der Waals surface area contributed by atoms with Crippen LogP contribution in [-0.2, 0) is 20.8 Å². The molecule has 35 heavy (non-hydrogen) atoms. The van der Waals surface area contributed by atoms with E-state index in [-0.39, 0.29) is 18.3 Å². The van der Waals surface area contributed by atoms with E-state index in [1.807, 2.05) is 30.1 Å². The Hall–Kier alpha value is -4.09. The summed E-state index contributed by atoms with van der Waals surface area (Å²) in [6, 6.07) is 14.5. The summed E-state index contributed by atoms with van der Waals surface area (Å²) in [6.45, 7) is 2.12. The molecule has 0 aliphatic heterocycles. The van der Waals surface area contributed by atoms with E-state index in [9.17, 15) is 9.59 Å². The van der Waals surface area contributed by atoms with Gasteiger partial charge in [0.2, 0.25) is 0 Å². The van der Waals surface area contributed by atoms with Crippen LogP contribution in [0.5, 0.6) is 0 Å². The largest absolute Gasteiger partial charge is 0.466 e. The molecule has 4 rings (SSSR count). The lowest BCUT2D eigenvalue weighted by Crippen LogP contribution is -2.22. The van der Waals surface area contributed by atoms with E-state index in [1.165, 1.54) is 18.4 Å². The van der Waals surface area contributed by atoms with E-state index in [1.54, 1.807) is 43.5 Å². The van der Waals surface area contributed by atoms with Crippen LogP contribution in [0.4, 0.5) is 22.5 Å². The van der Waals surface area contributed by atoms with E-state index < -0.39 is 0 Å². The molecule has 11 heteroatoms. The van der Waals surface area contributed by atoms with E-state index in [0.717, 1.165) is 21.6 Å². The van der Waals surface area contributed by atoms with E-state index in [2.05, 4.69) is 20.8 Å². The minimum absolute atomic E-state index is 0.177. The van der Waals surface area contributed by atoms with Crippen LogP contribution in [0.15, 0.2) is 54.7 Å². The summed E-state index contributed by atoms with van der Waals surface area (Å²) < 4.78 is 5.01. The highest BCUT2D eigenvalue weighted by atomic mass is 32.1. The molecule has 3 aromatic heterocycles. The van der Waals surface area contributed by atoms with Gasteiger partial charge in [0, 0.05) is 24.5 Å². The topological polar surface area (TPSA) is 119 Å². The third-order valence-electron chi connectivity index (χ3n) is 4.99.